The molecule has 0 saturated carbocycles. The Kier molecular flexibility index (Phi) is 4.46. The summed E-state index contributed by atoms with van der Waals surface area (Å²) >= 11 is 0. The van der Waals surface area contributed by atoms with Gasteiger partial charge in [0.05, 0.1) is 0 Å². The van der Waals surface area contributed by atoms with Crippen molar-refractivity contribution in [1.82, 2.24) is 14.9 Å². The summed E-state index contributed by atoms with van der Waals surface area (Å²) in [4.78, 5) is 30.9. The van der Waals surface area contributed by atoms with Crippen LogP contribution in [0.3, 0.4) is 0 Å². The summed E-state index contributed by atoms with van der Waals surface area (Å²) in [6.07, 6.45) is 4.10. The van der Waals surface area contributed by atoms with E-state index in [2.05, 4.69) is 15.6 Å². The maximum Gasteiger partial charge on any atom is 0.275 e. The molecule has 4 rings (SSSR count). The molecule has 1 saturated heterocycles. The van der Waals surface area contributed by atoms with E-state index in [4.69, 9.17) is 0 Å². The third kappa shape index (κ3) is 3.22. The number of carbonyl (C=O) groups excluding carboxylic acids is 2. The number of anilines is 2. The van der Waals surface area contributed by atoms with Crippen LogP contribution in [0.4, 0.5) is 11.4 Å². The Morgan fingerprint density at radius 2 is 2.12 bits per heavy atom. The SMILES string of the molecule is Cc1ccc(NC(=O)c2cn3c(n2)CCNCC3)cc1N1CCCC1=O. The summed E-state index contributed by atoms with van der Waals surface area (Å²) in [6.45, 7) is 5.30. The second kappa shape index (κ2) is 6.92. The standard InChI is InChI=1S/C19H23N5O2/c1-13-4-5-14(11-16(13)24-9-2-3-18(24)25)21-19(26)15-12-23-10-8-20-7-6-17(23)22-15/h4-5,11-12,20H,2-3,6-10H2,1H3,(H,21,26). The van der Waals surface area contributed by atoms with Crippen LogP contribution in [0.25, 0.3) is 0 Å². The van der Waals surface area contributed by atoms with Gasteiger partial charge in [-0.3, -0.25) is 9.59 Å². The van der Waals surface area contributed by atoms with Gasteiger partial charge < -0.3 is 20.1 Å². The van der Waals surface area contributed by atoms with Crippen LogP contribution in [-0.4, -0.2) is 41.0 Å². The molecule has 136 valence electrons. The summed E-state index contributed by atoms with van der Waals surface area (Å²) in [7, 11) is 0. The summed E-state index contributed by atoms with van der Waals surface area (Å²) < 4.78 is 2.04. The van der Waals surface area contributed by atoms with Gasteiger partial charge >= 0.3 is 0 Å². The topological polar surface area (TPSA) is 79.3 Å². The lowest BCUT2D eigenvalue weighted by Crippen LogP contribution is -2.24. The maximum absolute atomic E-state index is 12.6. The Hall–Kier alpha value is -2.67. The van der Waals surface area contributed by atoms with Crippen molar-refractivity contribution in [3.05, 3.63) is 41.5 Å². The van der Waals surface area contributed by atoms with E-state index in [0.717, 1.165) is 56.1 Å². The lowest BCUT2D eigenvalue weighted by molar-refractivity contribution is -0.117. The van der Waals surface area contributed by atoms with E-state index < -0.39 is 0 Å². The van der Waals surface area contributed by atoms with Crippen molar-refractivity contribution in [3.63, 3.8) is 0 Å². The van der Waals surface area contributed by atoms with Crippen LogP contribution in [0.15, 0.2) is 24.4 Å². The van der Waals surface area contributed by atoms with Gasteiger partial charge in [0.2, 0.25) is 5.91 Å². The third-order valence-electron chi connectivity index (χ3n) is 4.98. The second-order valence-electron chi connectivity index (χ2n) is 6.84. The van der Waals surface area contributed by atoms with Gasteiger partial charge in [0.25, 0.3) is 5.91 Å². The summed E-state index contributed by atoms with van der Waals surface area (Å²) in [5.41, 5.74) is 3.01. The van der Waals surface area contributed by atoms with Gasteiger partial charge in [-0.05, 0) is 31.0 Å². The second-order valence-corrected chi connectivity index (χ2v) is 6.84. The minimum absolute atomic E-state index is 0.142. The fourth-order valence-electron chi connectivity index (χ4n) is 3.56. The first-order valence-corrected chi connectivity index (χ1v) is 9.11. The lowest BCUT2D eigenvalue weighted by Gasteiger charge is -2.19. The molecule has 1 aromatic carbocycles. The van der Waals surface area contributed by atoms with E-state index in [1.165, 1.54) is 0 Å². The molecule has 2 N–H and O–H groups in total. The van der Waals surface area contributed by atoms with Crippen molar-refractivity contribution in [1.29, 1.82) is 0 Å². The number of benzene rings is 1. The first-order chi connectivity index (χ1) is 12.6. The highest BCUT2D eigenvalue weighted by Crippen LogP contribution is 2.28. The highest BCUT2D eigenvalue weighted by atomic mass is 16.2. The number of carbonyl (C=O) groups is 2. The zero-order valence-corrected chi connectivity index (χ0v) is 14.9. The van der Waals surface area contributed by atoms with Crippen molar-refractivity contribution >= 4 is 23.2 Å². The van der Waals surface area contributed by atoms with Gasteiger partial charge in [-0.15, -0.1) is 0 Å². The summed E-state index contributed by atoms with van der Waals surface area (Å²) in [5, 5.41) is 6.24. The Morgan fingerprint density at radius 1 is 1.23 bits per heavy atom. The fourth-order valence-corrected chi connectivity index (χ4v) is 3.56. The number of fused-ring (bicyclic) bond motifs is 1. The fraction of sp³-hybridized carbons (Fsp3) is 0.421. The number of aromatic nitrogens is 2. The van der Waals surface area contributed by atoms with Gasteiger partial charge in [-0.25, -0.2) is 4.98 Å². The molecular weight excluding hydrogens is 330 g/mol. The molecule has 0 bridgehead atoms. The van der Waals surface area contributed by atoms with Crippen molar-refractivity contribution in [2.75, 3.05) is 29.9 Å². The molecule has 0 radical (unpaired) electrons. The number of hydrogen-bond donors (Lipinski definition) is 2. The van der Waals surface area contributed by atoms with Gasteiger partial charge in [0, 0.05) is 56.6 Å². The predicted octanol–water partition coefficient (Wildman–Crippen LogP) is 1.72. The van der Waals surface area contributed by atoms with Crippen LogP contribution < -0.4 is 15.5 Å². The van der Waals surface area contributed by atoms with Gasteiger partial charge in [-0.2, -0.15) is 0 Å². The quantitative estimate of drug-likeness (QED) is 0.881. The molecular formula is C19H23N5O2. The minimum atomic E-state index is -0.221. The first kappa shape index (κ1) is 16.8. The van der Waals surface area contributed by atoms with E-state index in [1.54, 1.807) is 4.90 Å². The summed E-state index contributed by atoms with van der Waals surface area (Å²) in [6, 6.07) is 5.67. The lowest BCUT2D eigenvalue weighted by atomic mass is 10.1. The molecule has 26 heavy (non-hydrogen) atoms. The van der Waals surface area contributed by atoms with E-state index in [0.29, 0.717) is 17.8 Å². The number of imidazole rings is 1. The molecule has 0 atom stereocenters. The Bertz CT molecular complexity index is 834. The Labute approximate surface area is 152 Å². The van der Waals surface area contributed by atoms with E-state index in [9.17, 15) is 9.59 Å². The molecule has 1 fully saturated rings. The number of aryl methyl sites for hydroxylation is 1. The van der Waals surface area contributed by atoms with Crippen molar-refractivity contribution < 1.29 is 9.59 Å². The van der Waals surface area contributed by atoms with Crippen LogP contribution in [0.2, 0.25) is 0 Å². The average molecular weight is 353 g/mol. The molecule has 7 nitrogen and oxygen atoms in total. The maximum atomic E-state index is 12.6. The molecule has 0 aliphatic carbocycles. The molecule has 1 aromatic heterocycles. The molecule has 2 aromatic rings. The zero-order valence-electron chi connectivity index (χ0n) is 14.9. The molecule has 0 spiro atoms. The molecule has 2 aliphatic heterocycles. The van der Waals surface area contributed by atoms with Gasteiger partial charge in [0.15, 0.2) is 0 Å². The average Bonchev–Trinajstić information content (AvgIpc) is 3.17. The Balaban J connectivity index is 1.54. The van der Waals surface area contributed by atoms with E-state index in [-0.39, 0.29) is 11.8 Å². The Morgan fingerprint density at radius 3 is 2.92 bits per heavy atom. The molecule has 3 heterocycles. The van der Waals surface area contributed by atoms with Crippen molar-refractivity contribution in [3.8, 4) is 0 Å². The predicted molar refractivity (Wildman–Crippen MR) is 99.5 cm³/mol. The van der Waals surface area contributed by atoms with Crippen LogP contribution in [-0.2, 0) is 17.8 Å². The normalized spacial score (nSPS) is 17.1. The number of hydrogen-bond acceptors (Lipinski definition) is 4. The first-order valence-electron chi connectivity index (χ1n) is 9.11. The number of nitrogens with one attached hydrogen (secondary N) is 2. The molecule has 0 unspecified atom stereocenters. The number of rotatable bonds is 3. The number of amides is 2. The van der Waals surface area contributed by atoms with E-state index in [1.807, 2.05) is 35.9 Å². The third-order valence-corrected chi connectivity index (χ3v) is 4.98. The van der Waals surface area contributed by atoms with Crippen LogP contribution in [0, 0.1) is 6.92 Å². The van der Waals surface area contributed by atoms with Gasteiger partial charge in [-0.1, -0.05) is 6.07 Å². The minimum Gasteiger partial charge on any atom is -0.333 e. The van der Waals surface area contributed by atoms with Crippen LogP contribution in [0.1, 0.15) is 34.7 Å². The van der Waals surface area contributed by atoms with E-state index >= 15 is 0 Å². The molecule has 2 aliphatic rings. The van der Waals surface area contributed by atoms with Crippen LogP contribution >= 0.6 is 0 Å². The zero-order chi connectivity index (χ0) is 18.1. The van der Waals surface area contributed by atoms with Crippen molar-refractivity contribution in [2.24, 2.45) is 0 Å². The van der Waals surface area contributed by atoms with Crippen molar-refractivity contribution in [2.45, 2.75) is 32.7 Å². The highest BCUT2D eigenvalue weighted by molar-refractivity contribution is 6.03. The number of nitrogens with zero attached hydrogens (tertiary/aromatic N) is 3. The van der Waals surface area contributed by atoms with Crippen LogP contribution in [0.5, 0.6) is 0 Å². The molecule has 2 amide bonds. The molecule has 7 heteroatoms. The highest BCUT2D eigenvalue weighted by Gasteiger charge is 2.23. The van der Waals surface area contributed by atoms with Gasteiger partial charge in [0.1, 0.15) is 11.5 Å². The smallest absolute Gasteiger partial charge is 0.275 e. The summed E-state index contributed by atoms with van der Waals surface area (Å²) in [5.74, 6) is 0.858. The monoisotopic (exact) mass is 353 g/mol. The largest absolute Gasteiger partial charge is 0.333 e.